The summed E-state index contributed by atoms with van der Waals surface area (Å²) < 4.78 is 0. The van der Waals surface area contributed by atoms with Crippen LogP contribution in [0.15, 0.2) is 24.3 Å². The zero-order chi connectivity index (χ0) is 13.1. The van der Waals surface area contributed by atoms with Gasteiger partial charge in [-0.2, -0.15) is 0 Å². The third kappa shape index (κ3) is 2.11. The molecule has 1 aromatic rings. The van der Waals surface area contributed by atoms with E-state index in [2.05, 4.69) is 5.32 Å². The highest BCUT2D eigenvalue weighted by Crippen LogP contribution is 2.22. The average molecular weight is 246 g/mol. The minimum absolute atomic E-state index is 0.123. The number of imide groups is 1. The van der Waals surface area contributed by atoms with Gasteiger partial charge in [0.25, 0.3) is 11.8 Å². The number of nitrogens with zero attached hydrogens (tertiary/aromatic N) is 1. The standard InChI is InChI=1S/C13H14N2O3/c1-2-14-11(16)7-8-15-12(17)9-5-3-4-6-10(9)13(15)18/h3-6H,2,7-8H2,1H3,(H,14,16). The van der Waals surface area contributed by atoms with E-state index in [1.165, 1.54) is 0 Å². The normalized spacial score (nSPS) is 13.7. The molecule has 1 N–H and O–H groups in total. The lowest BCUT2D eigenvalue weighted by molar-refractivity contribution is -0.121. The van der Waals surface area contributed by atoms with Gasteiger partial charge in [-0.1, -0.05) is 12.1 Å². The van der Waals surface area contributed by atoms with Crippen LogP contribution in [0.3, 0.4) is 0 Å². The van der Waals surface area contributed by atoms with Gasteiger partial charge in [0, 0.05) is 19.5 Å². The lowest BCUT2D eigenvalue weighted by Crippen LogP contribution is -2.34. The maximum Gasteiger partial charge on any atom is 0.261 e. The van der Waals surface area contributed by atoms with E-state index in [-0.39, 0.29) is 30.7 Å². The molecule has 0 aromatic heterocycles. The van der Waals surface area contributed by atoms with Crippen LogP contribution >= 0.6 is 0 Å². The molecule has 0 bridgehead atoms. The summed E-state index contributed by atoms with van der Waals surface area (Å²) in [5, 5.41) is 2.63. The molecule has 5 heteroatoms. The molecule has 3 amide bonds. The first-order valence-corrected chi connectivity index (χ1v) is 5.87. The highest BCUT2D eigenvalue weighted by Gasteiger charge is 2.34. The Morgan fingerprint density at radius 2 is 1.72 bits per heavy atom. The van der Waals surface area contributed by atoms with Crippen LogP contribution in [0.25, 0.3) is 0 Å². The van der Waals surface area contributed by atoms with Crippen molar-refractivity contribution in [2.24, 2.45) is 0 Å². The van der Waals surface area contributed by atoms with E-state index in [9.17, 15) is 14.4 Å². The number of rotatable bonds is 4. The molecule has 94 valence electrons. The largest absolute Gasteiger partial charge is 0.356 e. The molecule has 0 spiro atoms. The van der Waals surface area contributed by atoms with E-state index in [1.807, 2.05) is 6.92 Å². The molecule has 0 atom stereocenters. The van der Waals surface area contributed by atoms with Gasteiger partial charge in [-0.3, -0.25) is 19.3 Å². The molecule has 0 radical (unpaired) electrons. The minimum atomic E-state index is -0.320. The van der Waals surface area contributed by atoms with Gasteiger partial charge in [-0.05, 0) is 19.1 Å². The van der Waals surface area contributed by atoms with E-state index in [1.54, 1.807) is 24.3 Å². The first kappa shape index (κ1) is 12.3. The fraction of sp³-hybridized carbons (Fsp3) is 0.308. The van der Waals surface area contributed by atoms with Crippen LogP contribution in [0.1, 0.15) is 34.1 Å². The van der Waals surface area contributed by atoms with Crippen molar-refractivity contribution in [1.82, 2.24) is 10.2 Å². The van der Waals surface area contributed by atoms with Crippen LogP contribution in [0.2, 0.25) is 0 Å². The third-order valence-electron chi connectivity index (χ3n) is 2.81. The zero-order valence-corrected chi connectivity index (χ0v) is 10.1. The summed E-state index contributed by atoms with van der Waals surface area (Å²) >= 11 is 0. The van der Waals surface area contributed by atoms with E-state index in [0.29, 0.717) is 17.7 Å². The van der Waals surface area contributed by atoms with E-state index in [0.717, 1.165) is 4.90 Å². The first-order chi connectivity index (χ1) is 8.65. The number of carbonyl (C=O) groups excluding carboxylic acids is 3. The average Bonchev–Trinajstić information content (AvgIpc) is 2.61. The second-order valence-corrected chi connectivity index (χ2v) is 4.01. The number of hydrogen-bond donors (Lipinski definition) is 1. The summed E-state index contributed by atoms with van der Waals surface area (Å²) in [6.07, 6.45) is 0.138. The van der Waals surface area contributed by atoms with Gasteiger partial charge in [0.15, 0.2) is 0 Å². The van der Waals surface area contributed by atoms with Gasteiger partial charge >= 0.3 is 0 Å². The van der Waals surface area contributed by atoms with Crippen molar-refractivity contribution in [2.75, 3.05) is 13.1 Å². The number of carbonyl (C=O) groups is 3. The summed E-state index contributed by atoms with van der Waals surface area (Å²) in [6.45, 7) is 2.49. The Morgan fingerprint density at radius 3 is 2.22 bits per heavy atom. The Balaban J connectivity index is 2.07. The predicted molar refractivity (Wildman–Crippen MR) is 65.1 cm³/mol. The van der Waals surface area contributed by atoms with Crippen molar-refractivity contribution in [1.29, 1.82) is 0 Å². The minimum Gasteiger partial charge on any atom is -0.356 e. The number of benzene rings is 1. The summed E-state index contributed by atoms with van der Waals surface area (Å²) in [6, 6.07) is 6.69. The first-order valence-electron chi connectivity index (χ1n) is 5.87. The number of amides is 3. The van der Waals surface area contributed by atoms with Crippen LogP contribution in [0.5, 0.6) is 0 Å². The molecular formula is C13H14N2O3. The fourth-order valence-electron chi connectivity index (χ4n) is 1.94. The molecule has 1 aliphatic heterocycles. The second-order valence-electron chi connectivity index (χ2n) is 4.01. The molecular weight excluding hydrogens is 232 g/mol. The maximum absolute atomic E-state index is 12.0. The molecule has 0 saturated heterocycles. The van der Waals surface area contributed by atoms with Crippen LogP contribution in [-0.2, 0) is 4.79 Å². The van der Waals surface area contributed by atoms with Crippen molar-refractivity contribution >= 4 is 17.7 Å². The molecule has 1 aliphatic rings. The van der Waals surface area contributed by atoms with E-state index >= 15 is 0 Å². The smallest absolute Gasteiger partial charge is 0.261 e. The monoisotopic (exact) mass is 246 g/mol. The molecule has 0 saturated carbocycles. The van der Waals surface area contributed by atoms with Gasteiger partial charge in [-0.25, -0.2) is 0 Å². The molecule has 0 unspecified atom stereocenters. The molecule has 0 aliphatic carbocycles. The zero-order valence-electron chi connectivity index (χ0n) is 10.1. The molecule has 5 nitrogen and oxygen atoms in total. The lowest BCUT2D eigenvalue weighted by Gasteiger charge is -2.13. The molecule has 18 heavy (non-hydrogen) atoms. The van der Waals surface area contributed by atoms with Crippen molar-refractivity contribution in [3.05, 3.63) is 35.4 Å². The van der Waals surface area contributed by atoms with Crippen LogP contribution in [-0.4, -0.2) is 35.7 Å². The van der Waals surface area contributed by atoms with E-state index in [4.69, 9.17) is 0 Å². The van der Waals surface area contributed by atoms with Crippen molar-refractivity contribution in [3.8, 4) is 0 Å². The van der Waals surface area contributed by atoms with Crippen LogP contribution in [0, 0.1) is 0 Å². The van der Waals surface area contributed by atoms with Crippen LogP contribution < -0.4 is 5.32 Å². The van der Waals surface area contributed by atoms with Crippen LogP contribution in [0.4, 0.5) is 0 Å². The number of nitrogens with one attached hydrogen (secondary N) is 1. The number of hydrogen-bond acceptors (Lipinski definition) is 3. The topological polar surface area (TPSA) is 66.5 Å². The Labute approximate surface area is 105 Å². The van der Waals surface area contributed by atoms with Gasteiger partial charge in [0.1, 0.15) is 0 Å². The summed E-state index contributed by atoms with van der Waals surface area (Å²) in [5.41, 5.74) is 0.830. The predicted octanol–water partition coefficient (Wildman–Crippen LogP) is 0.809. The van der Waals surface area contributed by atoms with Crippen molar-refractivity contribution < 1.29 is 14.4 Å². The Morgan fingerprint density at radius 1 is 1.17 bits per heavy atom. The van der Waals surface area contributed by atoms with Gasteiger partial charge in [-0.15, -0.1) is 0 Å². The third-order valence-corrected chi connectivity index (χ3v) is 2.81. The second kappa shape index (κ2) is 5.00. The van der Waals surface area contributed by atoms with Crippen molar-refractivity contribution in [2.45, 2.75) is 13.3 Å². The molecule has 1 heterocycles. The Kier molecular flexibility index (Phi) is 3.41. The van der Waals surface area contributed by atoms with Gasteiger partial charge in [0.05, 0.1) is 11.1 Å². The Hall–Kier alpha value is -2.17. The molecule has 2 rings (SSSR count). The van der Waals surface area contributed by atoms with Crippen molar-refractivity contribution in [3.63, 3.8) is 0 Å². The summed E-state index contributed by atoms with van der Waals surface area (Å²) in [7, 11) is 0. The number of fused-ring (bicyclic) bond motifs is 1. The maximum atomic E-state index is 12.0. The highest BCUT2D eigenvalue weighted by molar-refractivity contribution is 6.21. The molecule has 1 aromatic carbocycles. The molecule has 0 fully saturated rings. The summed E-state index contributed by atoms with van der Waals surface area (Å²) in [5.74, 6) is -0.797. The van der Waals surface area contributed by atoms with Gasteiger partial charge in [0.2, 0.25) is 5.91 Å². The summed E-state index contributed by atoms with van der Waals surface area (Å²) in [4.78, 5) is 36.4. The quantitative estimate of drug-likeness (QED) is 0.799. The lowest BCUT2D eigenvalue weighted by atomic mass is 10.1. The fourth-order valence-corrected chi connectivity index (χ4v) is 1.94. The van der Waals surface area contributed by atoms with E-state index < -0.39 is 0 Å². The Bertz CT molecular complexity index is 476. The SMILES string of the molecule is CCNC(=O)CCN1C(=O)c2ccccc2C1=O. The highest BCUT2D eigenvalue weighted by atomic mass is 16.2. The van der Waals surface area contributed by atoms with Gasteiger partial charge < -0.3 is 5.32 Å².